The van der Waals surface area contributed by atoms with Crippen LogP contribution in [0.4, 0.5) is 4.79 Å². The minimum absolute atomic E-state index is 0.0833. The first-order chi connectivity index (χ1) is 13.3. The first-order valence-electron chi connectivity index (χ1n) is 9.34. The number of amides is 1. The monoisotopic (exact) mass is 379 g/mol. The predicted molar refractivity (Wildman–Crippen MR) is 110 cm³/mol. The highest BCUT2D eigenvalue weighted by molar-refractivity contribution is 5.93. The summed E-state index contributed by atoms with van der Waals surface area (Å²) < 4.78 is 6.73. The van der Waals surface area contributed by atoms with Crippen LogP contribution < -0.4 is 10.9 Å². The van der Waals surface area contributed by atoms with E-state index in [4.69, 9.17) is 4.74 Å². The number of benzene rings is 2. The van der Waals surface area contributed by atoms with Crippen molar-refractivity contribution in [2.45, 2.75) is 46.4 Å². The number of rotatable bonds is 4. The molecule has 0 aliphatic rings. The van der Waals surface area contributed by atoms with Crippen LogP contribution in [0.15, 0.2) is 53.3 Å². The summed E-state index contributed by atoms with van der Waals surface area (Å²) >= 11 is 0. The zero-order valence-electron chi connectivity index (χ0n) is 16.7. The summed E-state index contributed by atoms with van der Waals surface area (Å²) in [5.74, 6) is 0. The third-order valence-electron chi connectivity index (χ3n) is 4.23. The maximum atomic E-state index is 12.5. The van der Waals surface area contributed by atoms with Gasteiger partial charge in [0.2, 0.25) is 0 Å². The molecule has 2 aromatic carbocycles. The Bertz CT molecular complexity index is 1050. The molecule has 1 amide bonds. The van der Waals surface area contributed by atoms with E-state index < -0.39 is 11.7 Å². The second-order valence-electron chi connectivity index (χ2n) is 7.57. The summed E-state index contributed by atoms with van der Waals surface area (Å²) in [4.78, 5) is 24.3. The topological polar surface area (TPSA) is 73.2 Å². The van der Waals surface area contributed by atoms with Crippen molar-refractivity contribution in [1.82, 2.24) is 15.1 Å². The van der Waals surface area contributed by atoms with Gasteiger partial charge in [-0.15, -0.1) is 0 Å². The fourth-order valence-corrected chi connectivity index (χ4v) is 2.93. The van der Waals surface area contributed by atoms with Crippen LogP contribution in [-0.2, 0) is 17.8 Å². The van der Waals surface area contributed by atoms with Crippen LogP contribution in [0, 0.1) is 0 Å². The molecule has 1 N–H and O–H groups in total. The number of hydrogen-bond donors (Lipinski definition) is 1. The lowest BCUT2D eigenvalue weighted by Gasteiger charge is -2.19. The molecule has 0 unspecified atom stereocenters. The van der Waals surface area contributed by atoms with Gasteiger partial charge in [0.15, 0.2) is 0 Å². The van der Waals surface area contributed by atoms with Gasteiger partial charge in [0.1, 0.15) is 5.60 Å². The van der Waals surface area contributed by atoms with E-state index in [1.807, 2.05) is 76.2 Å². The number of carbonyl (C=O) groups is 1. The van der Waals surface area contributed by atoms with Gasteiger partial charge in [-0.05, 0) is 39.3 Å². The van der Waals surface area contributed by atoms with Gasteiger partial charge in [0, 0.05) is 24.0 Å². The Labute approximate surface area is 164 Å². The highest BCUT2D eigenvalue weighted by Crippen LogP contribution is 2.25. The van der Waals surface area contributed by atoms with Gasteiger partial charge in [-0.2, -0.15) is 5.10 Å². The molecule has 0 saturated carbocycles. The molecule has 146 valence electrons. The van der Waals surface area contributed by atoms with Crippen LogP contribution in [0.1, 0.15) is 33.3 Å². The molecule has 1 heterocycles. The van der Waals surface area contributed by atoms with Crippen molar-refractivity contribution in [3.05, 3.63) is 64.4 Å². The van der Waals surface area contributed by atoms with Gasteiger partial charge >= 0.3 is 6.09 Å². The van der Waals surface area contributed by atoms with Crippen LogP contribution >= 0.6 is 0 Å². The number of alkyl carbamates (subject to hydrolysis) is 1. The Morgan fingerprint density at radius 2 is 1.71 bits per heavy atom. The van der Waals surface area contributed by atoms with E-state index in [1.165, 1.54) is 4.68 Å². The summed E-state index contributed by atoms with van der Waals surface area (Å²) in [5.41, 5.74) is 2.02. The zero-order valence-corrected chi connectivity index (χ0v) is 16.7. The first-order valence-corrected chi connectivity index (χ1v) is 9.34. The Kier molecular flexibility index (Phi) is 5.49. The van der Waals surface area contributed by atoms with Crippen molar-refractivity contribution >= 4 is 16.9 Å². The number of aromatic nitrogens is 2. The first kappa shape index (κ1) is 19.6. The summed E-state index contributed by atoms with van der Waals surface area (Å²) in [6, 6.07) is 15.3. The van der Waals surface area contributed by atoms with E-state index >= 15 is 0 Å². The van der Waals surface area contributed by atoms with Gasteiger partial charge < -0.3 is 10.1 Å². The maximum absolute atomic E-state index is 12.5. The van der Waals surface area contributed by atoms with E-state index in [2.05, 4.69) is 10.4 Å². The molecular formula is C22H25N3O3. The van der Waals surface area contributed by atoms with Gasteiger partial charge in [-0.3, -0.25) is 4.79 Å². The minimum Gasteiger partial charge on any atom is -0.444 e. The fourth-order valence-electron chi connectivity index (χ4n) is 2.93. The van der Waals surface area contributed by atoms with Crippen LogP contribution in [0.3, 0.4) is 0 Å². The van der Waals surface area contributed by atoms with Crippen LogP contribution in [0.2, 0.25) is 0 Å². The molecule has 3 aromatic rings. The lowest BCUT2D eigenvalue weighted by molar-refractivity contribution is 0.0523. The summed E-state index contributed by atoms with van der Waals surface area (Å²) in [5, 5.41) is 8.78. The van der Waals surface area contributed by atoms with Crippen LogP contribution in [-0.4, -0.2) is 21.5 Å². The third-order valence-corrected chi connectivity index (χ3v) is 4.23. The van der Waals surface area contributed by atoms with Crippen molar-refractivity contribution in [3.8, 4) is 11.3 Å². The second-order valence-corrected chi connectivity index (χ2v) is 7.57. The second kappa shape index (κ2) is 7.84. The number of aryl methyl sites for hydroxylation is 1. The number of ether oxygens (including phenoxy) is 1. The average molecular weight is 379 g/mol. The quantitative estimate of drug-likeness (QED) is 0.740. The Hall–Kier alpha value is -3.15. The number of carbonyl (C=O) groups excluding carboxylic acids is 1. The zero-order chi connectivity index (χ0) is 20.3. The van der Waals surface area contributed by atoms with Crippen molar-refractivity contribution in [3.63, 3.8) is 0 Å². The van der Waals surface area contributed by atoms with Crippen molar-refractivity contribution in [2.24, 2.45) is 0 Å². The highest BCUT2D eigenvalue weighted by Gasteiger charge is 2.16. The molecule has 0 radical (unpaired) electrons. The minimum atomic E-state index is -0.525. The number of fused-ring (bicyclic) bond motifs is 1. The van der Waals surface area contributed by atoms with Gasteiger partial charge in [-0.25, -0.2) is 9.48 Å². The molecule has 0 aliphatic carbocycles. The third kappa shape index (κ3) is 4.39. The lowest BCUT2D eigenvalue weighted by atomic mass is 10.0. The molecular weight excluding hydrogens is 354 g/mol. The molecule has 28 heavy (non-hydrogen) atoms. The van der Waals surface area contributed by atoms with Crippen molar-refractivity contribution < 1.29 is 9.53 Å². The van der Waals surface area contributed by atoms with Crippen LogP contribution in [0.25, 0.3) is 22.0 Å². The Balaban J connectivity index is 1.85. The molecule has 0 atom stereocenters. The predicted octanol–water partition coefficient (Wildman–Crippen LogP) is 4.11. The molecule has 0 fully saturated rings. The standard InChI is InChI=1S/C22H25N3O3/c1-5-25-20(26)18-9-7-6-8-17(18)19(24-25)16-12-10-15(11-13-16)14-23-21(27)28-22(2,3)4/h6-13H,5,14H2,1-4H3,(H,23,27). The summed E-state index contributed by atoms with van der Waals surface area (Å²) in [6.07, 6.45) is -0.445. The van der Waals surface area contributed by atoms with Crippen molar-refractivity contribution in [1.29, 1.82) is 0 Å². The normalized spacial score (nSPS) is 11.4. The average Bonchev–Trinajstić information content (AvgIpc) is 2.66. The van der Waals surface area contributed by atoms with Gasteiger partial charge in [0.05, 0.1) is 11.1 Å². The maximum Gasteiger partial charge on any atom is 0.407 e. The number of nitrogens with one attached hydrogen (secondary N) is 1. The van der Waals surface area contributed by atoms with Crippen LogP contribution in [0.5, 0.6) is 0 Å². The van der Waals surface area contributed by atoms with Gasteiger partial charge in [-0.1, -0.05) is 42.5 Å². The van der Waals surface area contributed by atoms with E-state index in [0.29, 0.717) is 18.5 Å². The largest absolute Gasteiger partial charge is 0.444 e. The number of hydrogen-bond acceptors (Lipinski definition) is 4. The van der Waals surface area contributed by atoms with E-state index in [0.717, 1.165) is 22.2 Å². The van der Waals surface area contributed by atoms with E-state index in [9.17, 15) is 9.59 Å². The smallest absolute Gasteiger partial charge is 0.407 e. The van der Waals surface area contributed by atoms with E-state index in [1.54, 1.807) is 0 Å². The summed E-state index contributed by atoms with van der Waals surface area (Å²) in [7, 11) is 0. The lowest BCUT2D eigenvalue weighted by Crippen LogP contribution is -2.32. The van der Waals surface area contributed by atoms with Gasteiger partial charge in [0.25, 0.3) is 5.56 Å². The van der Waals surface area contributed by atoms with Crippen molar-refractivity contribution in [2.75, 3.05) is 0 Å². The molecule has 0 bridgehead atoms. The molecule has 6 heteroatoms. The molecule has 6 nitrogen and oxygen atoms in total. The Morgan fingerprint density at radius 1 is 1.07 bits per heavy atom. The molecule has 0 spiro atoms. The highest BCUT2D eigenvalue weighted by atomic mass is 16.6. The summed E-state index contributed by atoms with van der Waals surface area (Å²) in [6.45, 7) is 8.27. The fraction of sp³-hybridized carbons (Fsp3) is 0.318. The Morgan fingerprint density at radius 3 is 2.32 bits per heavy atom. The van der Waals surface area contributed by atoms with E-state index in [-0.39, 0.29) is 5.56 Å². The molecule has 3 rings (SSSR count). The SMILES string of the molecule is CCn1nc(-c2ccc(CNC(=O)OC(C)(C)C)cc2)c2ccccc2c1=O. The molecule has 0 aliphatic heterocycles. The molecule has 0 saturated heterocycles. The number of nitrogens with zero attached hydrogens (tertiary/aromatic N) is 2. The molecule has 1 aromatic heterocycles.